The Morgan fingerprint density at radius 1 is 1.25 bits per heavy atom. The third-order valence-electron chi connectivity index (χ3n) is 3.43. The number of rotatable bonds is 1. The van der Waals surface area contributed by atoms with E-state index in [1.807, 2.05) is 0 Å². The third kappa shape index (κ3) is 1.77. The fourth-order valence-corrected chi connectivity index (χ4v) is 2.43. The van der Waals surface area contributed by atoms with Gasteiger partial charge >= 0.3 is 0 Å². The highest BCUT2D eigenvalue weighted by Crippen LogP contribution is 2.38. The van der Waals surface area contributed by atoms with Gasteiger partial charge in [0.25, 0.3) is 0 Å². The smallest absolute Gasteiger partial charge is 0.226 e. The number of nitrogens with one attached hydrogen (secondary N) is 1. The van der Waals surface area contributed by atoms with Gasteiger partial charge in [0.15, 0.2) is 17.5 Å². The summed E-state index contributed by atoms with van der Waals surface area (Å²) in [4.78, 5) is 11.7. The van der Waals surface area contributed by atoms with Gasteiger partial charge in [0, 0.05) is 24.9 Å². The van der Waals surface area contributed by atoms with Crippen LogP contribution in [0.4, 0.5) is 19.0 Å². The Labute approximate surface area is 112 Å². The Morgan fingerprint density at radius 3 is 2.75 bits per heavy atom. The minimum Gasteiger partial charge on any atom is -0.311 e. The molecule has 1 amide bonds. The van der Waals surface area contributed by atoms with Crippen LogP contribution >= 0.6 is 0 Å². The van der Waals surface area contributed by atoms with Crippen LogP contribution in [-0.4, -0.2) is 15.7 Å². The first kappa shape index (κ1) is 12.7. The molecule has 0 saturated heterocycles. The quantitative estimate of drug-likeness (QED) is 0.815. The zero-order valence-electron chi connectivity index (χ0n) is 10.5. The van der Waals surface area contributed by atoms with Crippen molar-refractivity contribution in [2.45, 2.75) is 12.3 Å². The second-order valence-corrected chi connectivity index (χ2v) is 4.64. The molecule has 2 aromatic rings. The molecule has 3 rings (SSSR count). The number of aryl methyl sites for hydroxylation is 1. The largest absolute Gasteiger partial charge is 0.311 e. The fraction of sp³-hybridized carbons (Fsp3) is 0.231. The molecule has 1 aromatic heterocycles. The first-order valence-corrected chi connectivity index (χ1v) is 5.94. The lowest BCUT2D eigenvalue weighted by atomic mass is 9.87. The van der Waals surface area contributed by atoms with Gasteiger partial charge in [-0.05, 0) is 11.6 Å². The van der Waals surface area contributed by atoms with Crippen LogP contribution in [0, 0.1) is 17.5 Å². The number of halogens is 3. The van der Waals surface area contributed by atoms with Crippen molar-refractivity contribution in [2.24, 2.45) is 7.05 Å². The summed E-state index contributed by atoms with van der Waals surface area (Å²) in [5.74, 6) is -4.61. The van der Waals surface area contributed by atoms with Crippen LogP contribution in [0.25, 0.3) is 0 Å². The maximum absolute atomic E-state index is 13.9. The number of carbonyl (C=O) groups excluding carboxylic acids is 1. The highest BCUT2D eigenvalue weighted by molar-refractivity contribution is 5.94. The van der Waals surface area contributed by atoms with Crippen molar-refractivity contribution >= 4 is 11.7 Å². The number of anilines is 1. The number of nitrogens with zero attached hydrogens (tertiary/aromatic N) is 2. The van der Waals surface area contributed by atoms with Crippen LogP contribution in [0.5, 0.6) is 0 Å². The van der Waals surface area contributed by atoms with Crippen molar-refractivity contribution in [3.63, 3.8) is 0 Å². The summed E-state index contributed by atoms with van der Waals surface area (Å²) in [6.07, 6.45) is 1.45. The Bertz CT molecular complexity index is 711. The van der Waals surface area contributed by atoms with E-state index in [1.165, 1.54) is 10.9 Å². The summed E-state index contributed by atoms with van der Waals surface area (Å²) in [6.45, 7) is 0. The Hall–Kier alpha value is -2.31. The molecule has 1 aliphatic heterocycles. The summed E-state index contributed by atoms with van der Waals surface area (Å²) in [6, 6.07) is 2.02. The molecule has 0 spiro atoms. The number of benzene rings is 1. The van der Waals surface area contributed by atoms with Gasteiger partial charge in [-0.1, -0.05) is 6.07 Å². The molecule has 7 heteroatoms. The molecule has 4 nitrogen and oxygen atoms in total. The molecule has 0 fully saturated rings. The van der Waals surface area contributed by atoms with Crippen LogP contribution in [0.1, 0.15) is 23.5 Å². The molecule has 1 atom stereocenters. The average Bonchev–Trinajstić information content (AvgIpc) is 2.77. The van der Waals surface area contributed by atoms with Crippen molar-refractivity contribution in [2.75, 3.05) is 5.32 Å². The number of amides is 1. The zero-order valence-corrected chi connectivity index (χ0v) is 10.5. The van der Waals surface area contributed by atoms with Crippen LogP contribution in [0.2, 0.25) is 0 Å². The minimum atomic E-state index is -1.53. The lowest BCUT2D eigenvalue weighted by Gasteiger charge is -2.23. The maximum Gasteiger partial charge on any atom is 0.226 e. The highest BCUT2D eigenvalue weighted by Gasteiger charge is 2.32. The summed E-state index contributed by atoms with van der Waals surface area (Å²) in [5.41, 5.74) is 0.532. The van der Waals surface area contributed by atoms with Gasteiger partial charge < -0.3 is 5.32 Å². The number of hydrogen-bond donors (Lipinski definition) is 1. The van der Waals surface area contributed by atoms with E-state index >= 15 is 0 Å². The Morgan fingerprint density at radius 2 is 2.00 bits per heavy atom. The van der Waals surface area contributed by atoms with Crippen LogP contribution in [0.15, 0.2) is 18.3 Å². The average molecular weight is 281 g/mol. The van der Waals surface area contributed by atoms with Crippen LogP contribution < -0.4 is 5.32 Å². The van der Waals surface area contributed by atoms with E-state index in [9.17, 15) is 18.0 Å². The molecule has 2 heterocycles. The Balaban J connectivity index is 2.16. The van der Waals surface area contributed by atoms with Crippen LogP contribution in [-0.2, 0) is 11.8 Å². The molecule has 1 N–H and O–H groups in total. The highest BCUT2D eigenvalue weighted by atomic mass is 19.2. The van der Waals surface area contributed by atoms with Gasteiger partial charge in [0.2, 0.25) is 5.91 Å². The van der Waals surface area contributed by atoms with E-state index in [4.69, 9.17) is 0 Å². The molecule has 0 unspecified atom stereocenters. The van der Waals surface area contributed by atoms with E-state index in [2.05, 4.69) is 10.4 Å². The molecule has 0 bridgehead atoms. The summed E-state index contributed by atoms with van der Waals surface area (Å²) < 4.78 is 41.7. The predicted molar refractivity (Wildman–Crippen MR) is 64.6 cm³/mol. The predicted octanol–water partition coefficient (Wildman–Crippen LogP) is 2.31. The van der Waals surface area contributed by atoms with Crippen molar-refractivity contribution in [3.05, 3.63) is 46.9 Å². The molecule has 0 aliphatic carbocycles. The van der Waals surface area contributed by atoms with Crippen molar-refractivity contribution < 1.29 is 18.0 Å². The summed E-state index contributed by atoms with van der Waals surface area (Å²) in [7, 11) is 1.63. The molecule has 1 aliphatic rings. The molecule has 1 aromatic carbocycles. The number of carbonyl (C=O) groups is 1. The number of hydrogen-bond acceptors (Lipinski definition) is 2. The van der Waals surface area contributed by atoms with E-state index < -0.39 is 23.4 Å². The molecule has 0 saturated carbocycles. The zero-order chi connectivity index (χ0) is 14.4. The van der Waals surface area contributed by atoms with E-state index in [0.717, 1.165) is 12.1 Å². The van der Waals surface area contributed by atoms with Gasteiger partial charge in [-0.2, -0.15) is 5.10 Å². The van der Waals surface area contributed by atoms with Crippen molar-refractivity contribution in [3.8, 4) is 0 Å². The number of fused-ring (bicyclic) bond motifs is 1. The van der Waals surface area contributed by atoms with Crippen LogP contribution in [0.3, 0.4) is 0 Å². The fourth-order valence-electron chi connectivity index (χ4n) is 2.43. The molecule has 0 radical (unpaired) electrons. The summed E-state index contributed by atoms with van der Waals surface area (Å²) in [5, 5.41) is 6.61. The number of aromatic nitrogens is 2. The lowest BCUT2D eigenvalue weighted by molar-refractivity contribution is -0.116. The third-order valence-corrected chi connectivity index (χ3v) is 3.43. The van der Waals surface area contributed by atoms with E-state index in [1.54, 1.807) is 7.05 Å². The Kier molecular flexibility index (Phi) is 2.77. The standard InChI is InChI=1S/C13H10F3N3O/c1-19-13-8(5-17-19)7(4-10(20)18-13)6-2-3-9(14)12(16)11(6)15/h2-3,5,7H,4H2,1H3,(H,18,20)/t7-/m0/s1. The van der Waals surface area contributed by atoms with Gasteiger partial charge in [0.05, 0.1) is 6.20 Å². The second-order valence-electron chi connectivity index (χ2n) is 4.64. The van der Waals surface area contributed by atoms with Gasteiger partial charge in [0.1, 0.15) is 5.82 Å². The first-order valence-electron chi connectivity index (χ1n) is 5.94. The SMILES string of the molecule is Cn1ncc2c1NC(=O)C[C@H]2c1ccc(F)c(F)c1F. The van der Waals surface area contributed by atoms with E-state index in [0.29, 0.717) is 11.4 Å². The maximum atomic E-state index is 13.9. The summed E-state index contributed by atoms with van der Waals surface area (Å²) >= 11 is 0. The van der Waals surface area contributed by atoms with Gasteiger partial charge in [-0.15, -0.1) is 0 Å². The second kappa shape index (κ2) is 4.36. The molecule has 20 heavy (non-hydrogen) atoms. The van der Waals surface area contributed by atoms with E-state index in [-0.39, 0.29) is 17.9 Å². The topological polar surface area (TPSA) is 46.9 Å². The van der Waals surface area contributed by atoms with Crippen molar-refractivity contribution in [1.82, 2.24) is 9.78 Å². The molecular formula is C13H10F3N3O. The molecular weight excluding hydrogens is 271 g/mol. The van der Waals surface area contributed by atoms with Crippen molar-refractivity contribution in [1.29, 1.82) is 0 Å². The monoisotopic (exact) mass is 281 g/mol. The minimum absolute atomic E-state index is 0.0410. The normalized spacial score (nSPS) is 17.8. The first-order chi connectivity index (χ1) is 9.49. The van der Waals surface area contributed by atoms with Gasteiger partial charge in [-0.25, -0.2) is 13.2 Å². The lowest BCUT2D eigenvalue weighted by Crippen LogP contribution is -2.25. The molecule has 104 valence electrons. The van der Waals surface area contributed by atoms with Gasteiger partial charge in [-0.3, -0.25) is 9.48 Å².